The second-order valence-electron chi connectivity index (χ2n) is 7.71. The molecule has 0 bridgehead atoms. The number of hydrogen-bond acceptors (Lipinski definition) is 7. The van der Waals surface area contributed by atoms with Crippen LogP contribution in [0.2, 0.25) is 0 Å². The number of benzene rings is 2. The summed E-state index contributed by atoms with van der Waals surface area (Å²) in [5.74, 6) is -2.56. The lowest BCUT2D eigenvalue weighted by molar-refractivity contribution is -0.132. The summed E-state index contributed by atoms with van der Waals surface area (Å²) in [4.78, 5) is 49.5. The maximum atomic E-state index is 12.7. The van der Waals surface area contributed by atoms with Crippen LogP contribution in [0, 0.1) is 0 Å². The van der Waals surface area contributed by atoms with E-state index in [9.17, 15) is 24.3 Å². The predicted molar refractivity (Wildman–Crippen MR) is 130 cm³/mol. The van der Waals surface area contributed by atoms with Crippen molar-refractivity contribution in [1.82, 2.24) is 16.0 Å². The minimum absolute atomic E-state index is 0.0567. The Hall–Kier alpha value is -3.57. The van der Waals surface area contributed by atoms with Crippen molar-refractivity contribution in [3.05, 3.63) is 65.7 Å². The van der Waals surface area contributed by atoms with Crippen molar-refractivity contribution in [1.29, 1.82) is 0 Å². The fourth-order valence-corrected chi connectivity index (χ4v) is 3.32. The number of phenolic OH excluding ortho intramolecular Hbond substituents is 1. The zero-order valence-electron chi connectivity index (χ0n) is 18.6. The van der Waals surface area contributed by atoms with Crippen LogP contribution in [-0.2, 0) is 25.6 Å². The normalized spacial score (nSPS) is 14.2. The third-order valence-corrected chi connectivity index (χ3v) is 5.37. The second-order valence-corrected chi connectivity index (χ2v) is 8.07. The van der Waals surface area contributed by atoms with Gasteiger partial charge in [-0.2, -0.15) is 12.6 Å². The van der Waals surface area contributed by atoms with Gasteiger partial charge in [-0.25, -0.2) is 0 Å². The van der Waals surface area contributed by atoms with Gasteiger partial charge in [0.25, 0.3) is 0 Å². The molecule has 0 heterocycles. The van der Waals surface area contributed by atoms with Crippen LogP contribution < -0.4 is 27.4 Å². The van der Waals surface area contributed by atoms with Gasteiger partial charge in [-0.05, 0) is 36.6 Å². The minimum Gasteiger partial charge on any atom is -0.508 e. The van der Waals surface area contributed by atoms with E-state index >= 15 is 0 Å². The van der Waals surface area contributed by atoms with Gasteiger partial charge in [-0.1, -0.05) is 42.5 Å². The van der Waals surface area contributed by atoms with Gasteiger partial charge in [0.1, 0.15) is 23.9 Å². The molecule has 2 aromatic rings. The summed E-state index contributed by atoms with van der Waals surface area (Å²) in [5, 5.41) is 16.9. The number of carbonyl (C=O) groups is 4. The number of thiol groups is 1. The van der Waals surface area contributed by atoms with Crippen molar-refractivity contribution < 1.29 is 24.3 Å². The smallest absolute Gasteiger partial charge is 0.244 e. The van der Waals surface area contributed by atoms with E-state index in [1.165, 1.54) is 19.1 Å². The standard InChI is InChI=1S/C23H29N5O5S/c1-13(26-22(32)17(24)11-14-7-9-16(29)10-8-14)21(31)27-18(12-34)23(33)28-19(20(25)30)15-5-3-2-4-6-15/h2-10,13,17-19,29,34H,11-12,24H2,1H3,(H2,25,30)(H,26,32)(H,27,31)(H,28,33)/t13-,17-,18-,19?/m0/s1. The maximum absolute atomic E-state index is 12.7. The molecule has 0 aliphatic carbocycles. The van der Waals surface area contributed by atoms with Gasteiger partial charge in [0.2, 0.25) is 23.6 Å². The molecule has 34 heavy (non-hydrogen) atoms. The highest BCUT2D eigenvalue weighted by atomic mass is 32.1. The van der Waals surface area contributed by atoms with E-state index in [2.05, 4.69) is 28.6 Å². The molecule has 2 rings (SSSR count). The average molecular weight is 488 g/mol. The Labute approximate surface area is 202 Å². The van der Waals surface area contributed by atoms with Crippen LogP contribution in [0.1, 0.15) is 24.1 Å². The molecule has 0 saturated heterocycles. The largest absolute Gasteiger partial charge is 0.508 e. The molecule has 0 aliphatic heterocycles. The van der Waals surface area contributed by atoms with E-state index < -0.39 is 47.8 Å². The molecular formula is C23H29N5O5S. The third-order valence-electron chi connectivity index (χ3n) is 5.00. The predicted octanol–water partition coefficient (Wildman–Crippen LogP) is -0.476. The number of primary amides is 1. The molecular weight excluding hydrogens is 458 g/mol. The second kappa shape index (κ2) is 12.6. The summed E-state index contributed by atoms with van der Waals surface area (Å²) in [7, 11) is 0. The highest BCUT2D eigenvalue weighted by molar-refractivity contribution is 7.80. The third kappa shape index (κ3) is 7.78. The molecule has 10 nitrogen and oxygen atoms in total. The Balaban J connectivity index is 1.93. The summed E-state index contributed by atoms with van der Waals surface area (Å²) in [6.07, 6.45) is 0.204. The lowest BCUT2D eigenvalue weighted by Crippen LogP contribution is -2.56. The lowest BCUT2D eigenvalue weighted by Gasteiger charge is -2.23. The summed E-state index contributed by atoms with van der Waals surface area (Å²) >= 11 is 4.11. The molecule has 0 fully saturated rings. The minimum atomic E-state index is -1.08. The van der Waals surface area contributed by atoms with Crippen LogP contribution in [0.4, 0.5) is 0 Å². The molecule has 1 unspecified atom stereocenters. The van der Waals surface area contributed by atoms with Gasteiger partial charge in [0.15, 0.2) is 0 Å². The van der Waals surface area contributed by atoms with Crippen molar-refractivity contribution in [2.24, 2.45) is 11.5 Å². The Kier molecular flexibility index (Phi) is 9.90. The van der Waals surface area contributed by atoms with Crippen molar-refractivity contribution in [3.63, 3.8) is 0 Å². The quantitative estimate of drug-likeness (QED) is 0.211. The van der Waals surface area contributed by atoms with Crippen LogP contribution in [0.25, 0.3) is 0 Å². The van der Waals surface area contributed by atoms with E-state index in [4.69, 9.17) is 11.5 Å². The van der Waals surface area contributed by atoms with E-state index in [1.807, 2.05) is 0 Å². The van der Waals surface area contributed by atoms with E-state index in [-0.39, 0.29) is 17.9 Å². The SMILES string of the molecule is C[C@H](NC(=O)[C@@H](N)Cc1ccc(O)cc1)C(=O)N[C@@H](CS)C(=O)NC(C(N)=O)c1ccccc1. The molecule has 4 amide bonds. The molecule has 182 valence electrons. The highest BCUT2D eigenvalue weighted by Gasteiger charge is 2.28. The van der Waals surface area contributed by atoms with Gasteiger partial charge in [-0.3, -0.25) is 19.2 Å². The first-order chi connectivity index (χ1) is 16.1. The first-order valence-electron chi connectivity index (χ1n) is 10.5. The van der Waals surface area contributed by atoms with Gasteiger partial charge >= 0.3 is 0 Å². The zero-order valence-corrected chi connectivity index (χ0v) is 19.5. The van der Waals surface area contributed by atoms with E-state index in [0.29, 0.717) is 5.56 Å². The Morgan fingerprint density at radius 2 is 1.53 bits per heavy atom. The van der Waals surface area contributed by atoms with Gasteiger partial charge in [0.05, 0.1) is 6.04 Å². The molecule has 0 spiro atoms. The van der Waals surface area contributed by atoms with Crippen LogP contribution in [0.3, 0.4) is 0 Å². The van der Waals surface area contributed by atoms with Crippen molar-refractivity contribution in [2.75, 3.05) is 5.75 Å². The molecule has 4 atom stereocenters. The number of nitrogens with one attached hydrogen (secondary N) is 3. The highest BCUT2D eigenvalue weighted by Crippen LogP contribution is 2.13. The molecule has 0 saturated carbocycles. The van der Waals surface area contributed by atoms with Crippen LogP contribution in [0.15, 0.2) is 54.6 Å². The monoisotopic (exact) mass is 487 g/mol. The Bertz CT molecular complexity index is 1000. The van der Waals surface area contributed by atoms with Crippen molar-refractivity contribution in [2.45, 2.75) is 37.5 Å². The van der Waals surface area contributed by atoms with Crippen LogP contribution >= 0.6 is 12.6 Å². The topological polar surface area (TPSA) is 177 Å². The van der Waals surface area contributed by atoms with Crippen LogP contribution in [0.5, 0.6) is 5.75 Å². The first-order valence-corrected chi connectivity index (χ1v) is 11.1. The van der Waals surface area contributed by atoms with Crippen LogP contribution in [-0.4, -0.2) is 52.6 Å². The number of phenols is 1. The zero-order chi connectivity index (χ0) is 25.3. The van der Waals surface area contributed by atoms with E-state index in [1.54, 1.807) is 42.5 Å². The molecule has 11 heteroatoms. The molecule has 0 aliphatic rings. The van der Waals surface area contributed by atoms with E-state index in [0.717, 1.165) is 5.56 Å². The lowest BCUT2D eigenvalue weighted by atomic mass is 10.1. The molecule has 2 aromatic carbocycles. The molecule has 0 radical (unpaired) electrons. The number of aromatic hydroxyl groups is 1. The summed E-state index contributed by atoms with van der Waals surface area (Å²) in [5.41, 5.74) is 12.6. The van der Waals surface area contributed by atoms with Crippen molar-refractivity contribution >= 4 is 36.3 Å². The number of nitrogens with two attached hydrogens (primary N) is 2. The van der Waals surface area contributed by atoms with Crippen molar-refractivity contribution in [3.8, 4) is 5.75 Å². The number of carbonyl (C=O) groups excluding carboxylic acids is 4. The number of hydrogen-bond donors (Lipinski definition) is 7. The van der Waals surface area contributed by atoms with Gasteiger partial charge < -0.3 is 32.5 Å². The summed E-state index contributed by atoms with van der Waals surface area (Å²) in [6.45, 7) is 1.45. The number of rotatable bonds is 11. The van der Waals surface area contributed by atoms with Gasteiger partial charge in [-0.15, -0.1) is 0 Å². The summed E-state index contributed by atoms with van der Waals surface area (Å²) in [6, 6.07) is 10.6. The first kappa shape index (κ1) is 26.7. The summed E-state index contributed by atoms with van der Waals surface area (Å²) < 4.78 is 0. The average Bonchev–Trinajstić information content (AvgIpc) is 2.82. The van der Waals surface area contributed by atoms with Gasteiger partial charge in [0, 0.05) is 5.75 Å². The fraction of sp³-hybridized carbons (Fsp3) is 0.304. The molecule has 0 aromatic heterocycles. The Morgan fingerprint density at radius 1 is 0.912 bits per heavy atom. The fourth-order valence-electron chi connectivity index (χ4n) is 3.06. The Morgan fingerprint density at radius 3 is 2.09 bits per heavy atom. The number of amides is 4. The molecule has 8 N–H and O–H groups in total. The maximum Gasteiger partial charge on any atom is 0.244 e.